The fourth-order valence-corrected chi connectivity index (χ4v) is 4.02. The zero-order valence-corrected chi connectivity index (χ0v) is 21.4. The third kappa shape index (κ3) is 9.41. The minimum absolute atomic E-state index is 0.137. The van der Waals surface area contributed by atoms with Crippen molar-refractivity contribution in [1.82, 2.24) is 4.90 Å². The number of ketones is 1. The average Bonchev–Trinajstić information content (AvgIpc) is 2.74. The summed E-state index contributed by atoms with van der Waals surface area (Å²) in [6.07, 6.45) is 0. The smallest absolute Gasteiger partial charge is 0.160 e. The molecular formula is C29H36ClNO2. The topological polar surface area (TPSA) is 29.5 Å². The molecule has 3 aromatic rings. The summed E-state index contributed by atoms with van der Waals surface area (Å²) in [5.41, 5.74) is 4.96. The molecule has 0 atom stereocenters. The van der Waals surface area contributed by atoms with Crippen molar-refractivity contribution in [2.24, 2.45) is 5.41 Å². The minimum Gasteiger partial charge on any atom is -0.497 e. The van der Waals surface area contributed by atoms with Crippen LogP contribution in [-0.2, 0) is 6.54 Å². The van der Waals surface area contributed by atoms with Crippen molar-refractivity contribution in [3.8, 4) is 5.75 Å². The van der Waals surface area contributed by atoms with Crippen molar-refractivity contribution < 1.29 is 9.53 Å². The van der Waals surface area contributed by atoms with Gasteiger partial charge in [-0.05, 0) is 61.6 Å². The van der Waals surface area contributed by atoms with Gasteiger partial charge in [0.1, 0.15) is 5.75 Å². The molecule has 1 saturated heterocycles. The summed E-state index contributed by atoms with van der Waals surface area (Å²) in [6.45, 7) is 13.6. The Balaban J connectivity index is 0.000000181. The summed E-state index contributed by atoms with van der Waals surface area (Å²) in [5, 5.41) is 0.835. The second-order valence-electron chi connectivity index (χ2n) is 9.33. The van der Waals surface area contributed by atoms with Gasteiger partial charge in [-0.15, -0.1) is 0 Å². The Labute approximate surface area is 204 Å². The predicted molar refractivity (Wildman–Crippen MR) is 139 cm³/mol. The Morgan fingerprint density at radius 1 is 0.970 bits per heavy atom. The van der Waals surface area contributed by atoms with Crippen molar-refractivity contribution in [1.29, 1.82) is 0 Å². The van der Waals surface area contributed by atoms with Crippen LogP contribution in [0.25, 0.3) is 0 Å². The summed E-state index contributed by atoms with van der Waals surface area (Å²) in [6, 6.07) is 23.7. The van der Waals surface area contributed by atoms with E-state index in [4.69, 9.17) is 16.3 Å². The van der Waals surface area contributed by atoms with E-state index in [-0.39, 0.29) is 5.78 Å². The highest BCUT2D eigenvalue weighted by atomic mass is 35.5. The summed E-state index contributed by atoms with van der Waals surface area (Å²) in [7, 11) is 1.67. The quantitative estimate of drug-likeness (QED) is 0.376. The molecule has 0 radical (unpaired) electrons. The van der Waals surface area contributed by atoms with Crippen LogP contribution in [0, 0.1) is 19.3 Å². The molecule has 4 heteroatoms. The number of hydrogen-bond donors (Lipinski definition) is 0. The number of nitrogens with zero attached hydrogens (tertiary/aromatic N) is 1. The Hall–Kier alpha value is -2.62. The number of carbonyl (C=O) groups is 1. The van der Waals surface area contributed by atoms with Gasteiger partial charge < -0.3 is 4.74 Å². The van der Waals surface area contributed by atoms with Gasteiger partial charge in [-0.2, -0.15) is 0 Å². The van der Waals surface area contributed by atoms with Gasteiger partial charge in [-0.25, -0.2) is 0 Å². The molecule has 0 spiro atoms. The lowest BCUT2D eigenvalue weighted by Gasteiger charge is -2.46. The Morgan fingerprint density at radius 3 is 2.09 bits per heavy atom. The SMILES string of the molecule is CC(=O)c1ccccc1C.CC1(C)CN(Cc2cccc(Cl)c2)C1.COc1ccc(C)cc1. The summed E-state index contributed by atoms with van der Waals surface area (Å²) < 4.78 is 4.97. The van der Waals surface area contributed by atoms with Crippen molar-refractivity contribution in [3.05, 3.63) is 100 Å². The maximum Gasteiger partial charge on any atom is 0.160 e. The molecule has 0 saturated carbocycles. The van der Waals surface area contributed by atoms with E-state index >= 15 is 0 Å². The molecule has 4 rings (SSSR count). The highest BCUT2D eigenvalue weighted by Gasteiger charge is 2.33. The van der Waals surface area contributed by atoms with Crippen LogP contribution in [0.1, 0.15) is 47.8 Å². The van der Waals surface area contributed by atoms with E-state index in [0.717, 1.165) is 28.4 Å². The summed E-state index contributed by atoms with van der Waals surface area (Å²) in [5.74, 6) is 1.05. The third-order valence-corrected chi connectivity index (χ3v) is 5.61. The van der Waals surface area contributed by atoms with Crippen LogP contribution < -0.4 is 4.74 Å². The number of carbonyl (C=O) groups excluding carboxylic acids is 1. The largest absolute Gasteiger partial charge is 0.497 e. The molecule has 176 valence electrons. The first kappa shape index (κ1) is 26.6. The Kier molecular flexibility index (Phi) is 10.1. The summed E-state index contributed by atoms with van der Waals surface area (Å²) in [4.78, 5) is 13.3. The second kappa shape index (κ2) is 12.6. The fraction of sp³-hybridized carbons (Fsp3) is 0.345. The van der Waals surface area contributed by atoms with Gasteiger partial charge in [-0.3, -0.25) is 9.69 Å². The van der Waals surface area contributed by atoms with Crippen LogP contribution in [-0.4, -0.2) is 30.9 Å². The number of hydrogen-bond acceptors (Lipinski definition) is 3. The van der Waals surface area contributed by atoms with Gasteiger partial charge in [0.15, 0.2) is 5.78 Å². The Bertz CT molecular complexity index is 1020. The normalized spacial score (nSPS) is 14.0. The number of ether oxygens (including phenoxy) is 1. The molecule has 1 heterocycles. The minimum atomic E-state index is 0.137. The molecule has 1 aliphatic heterocycles. The third-order valence-electron chi connectivity index (χ3n) is 5.38. The van der Waals surface area contributed by atoms with Crippen LogP contribution in [0.2, 0.25) is 5.02 Å². The number of aryl methyl sites for hydroxylation is 2. The first-order valence-electron chi connectivity index (χ1n) is 11.2. The predicted octanol–water partition coefficient (Wildman–Crippen LogP) is 7.38. The molecule has 1 aliphatic rings. The van der Waals surface area contributed by atoms with Gasteiger partial charge in [0, 0.05) is 30.2 Å². The monoisotopic (exact) mass is 465 g/mol. The van der Waals surface area contributed by atoms with Gasteiger partial charge >= 0.3 is 0 Å². The maximum atomic E-state index is 10.9. The van der Waals surface area contributed by atoms with Crippen molar-refractivity contribution >= 4 is 17.4 Å². The standard InChI is InChI=1S/C12H16ClN.C9H10O.C8H10O/c1-12(2)8-14(9-12)7-10-4-3-5-11(13)6-10;1-7-5-3-4-6-9(7)8(2)10;1-7-3-5-8(9-2)6-4-7/h3-6H,7-9H2,1-2H3;3-6H,1-2H3;3-6H,1-2H3. The van der Waals surface area contributed by atoms with E-state index < -0.39 is 0 Å². The van der Waals surface area contributed by atoms with E-state index in [0.29, 0.717) is 5.41 Å². The van der Waals surface area contributed by atoms with Gasteiger partial charge in [0.05, 0.1) is 7.11 Å². The van der Waals surface area contributed by atoms with Crippen LogP contribution in [0.5, 0.6) is 5.75 Å². The highest BCUT2D eigenvalue weighted by Crippen LogP contribution is 2.30. The van der Waals surface area contributed by atoms with Gasteiger partial charge in [0.25, 0.3) is 0 Å². The van der Waals surface area contributed by atoms with Gasteiger partial charge in [0.2, 0.25) is 0 Å². The lowest BCUT2D eigenvalue weighted by Crippen LogP contribution is -2.52. The zero-order valence-electron chi connectivity index (χ0n) is 20.7. The number of halogens is 1. The van der Waals surface area contributed by atoms with E-state index in [9.17, 15) is 4.79 Å². The van der Waals surface area contributed by atoms with Crippen LogP contribution in [0.3, 0.4) is 0 Å². The maximum absolute atomic E-state index is 10.9. The molecule has 0 aromatic heterocycles. The summed E-state index contributed by atoms with van der Waals surface area (Å²) >= 11 is 5.93. The van der Waals surface area contributed by atoms with Gasteiger partial charge in [-0.1, -0.05) is 79.5 Å². The van der Waals surface area contributed by atoms with Crippen LogP contribution in [0.4, 0.5) is 0 Å². The molecule has 0 aliphatic carbocycles. The molecule has 1 fully saturated rings. The lowest BCUT2D eigenvalue weighted by atomic mass is 9.84. The van der Waals surface area contributed by atoms with Crippen molar-refractivity contribution in [2.45, 2.75) is 41.2 Å². The number of likely N-dealkylation sites (tertiary alicyclic amines) is 1. The van der Waals surface area contributed by atoms with E-state index in [1.165, 1.54) is 24.2 Å². The second-order valence-corrected chi connectivity index (χ2v) is 9.76. The van der Waals surface area contributed by atoms with Crippen LogP contribution >= 0.6 is 11.6 Å². The van der Waals surface area contributed by atoms with E-state index in [1.807, 2.05) is 73.7 Å². The lowest BCUT2D eigenvalue weighted by molar-refractivity contribution is 0.0242. The highest BCUT2D eigenvalue weighted by molar-refractivity contribution is 6.30. The van der Waals surface area contributed by atoms with E-state index in [2.05, 4.69) is 31.7 Å². The number of benzene rings is 3. The molecule has 3 aromatic carbocycles. The number of methoxy groups -OCH3 is 1. The van der Waals surface area contributed by atoms with Crippen molar-refractivity contribution in [2.75, 3.05) is 20.2 Å². The fourth-order valence-electron chi connectivity index (χ4n) is 3.81. The number of rotatable bonds is 4. The Morgan fingerprint density at radius 2 is 1.61 bits per heavy atom. The van der Waals surface area contributed by atoms with E-state index in [1.54, 1.807) is 14.0 Å². The van der Waals surface area contributed by atoms with Crippen LogP contribution in [0.15, 0.2) is 72.8 Å². The molecule has 33 heavy (non-hydrogen) atoms. The molecule has 0 bridgehead atoms. The molecule has 0 unspecified atom stereocenters. The molecule has 0 N–H and O–H groups in total. The zero-order chi connectivity index (χ0) is 24.4. The molecule has 3 nitrogen and oxygen atoms in total. The molecule has 0 amide bonds. The number of Topliss-reactive ketones (excluding diaryl/α,β-unsaturated/α-hetero) is 1. The average molecular weight is 466 g/mol. The molecular weight excluding hydrogens is 430 g/mol. The first-order valence-corrected chi connectivity index (χ1v) is 11.6. The van der Waals surface area contributed by atoms with Crippen molar-refractivity contribution in [3.63, 3.8) is 0 Å². The first-order chi connectivity index (χ1) is 15.6.